The summed E-state index contributed by atoms with van der Waals surface area (Å²) in [5, 5.41) is 3.69. The summed E-state index contributed by atoms with van der Waals surface area (Å²) in [4.78, 5) is 9.86. The second-order valence-electron chi connectivity index (χ2n) is 6.01. The van der Waals surface area contributed by atoms with Gasteiger partial charge in [0.1, 0.15) is 6.33 Å². The van der Waals surface area contributed by atoms with E-state index in [2.05, 4.69) is 44.3 Å². The van der Waals surface area contributed by atoms with Crippen LogP contribution in [0.2, 0.25) is 0 Å². The highest BCUT2D eigenvalue weighted by Crippen LogP contribution is 2.35. The average Bonchev–Trinajstić information content (AvgIpc) is 3.35. The number of hydrogen-bond acceptors (Lipinski definition) is 6. The molecule has 1 saturated heterocycles. The van der Waals surface area contributed by atoms with Crippen LogP contribution in [0.3, 0.4) is 0 Å². The molecule has 134 valence electrons. The molecule has 8 heteroatoms. The molecule has 1 aliphatic rings. The number of ether oxygens (including phenoxy) is 1. The van der Waals surface area contributed by atoms with E-state index in [9.17, 15) is 0 Å². The molecule has 0 bridgehead atoms. The quantitative estimate of drug-likeness (QED) is 0.460. The van der Waals surface area contributed by atoms with Crippen LogP contribution >= 0.6 is 23.6 Å². The molecule has 0 radical (unpaired) electrons. The fourth-order valence-corrected chi connectivity index (χ4v) is 4.06. The number of aromatic nitrogens is 2. The summed E-state index contributed by atoms with van der Waals surface area (Å²) in [6.07, 6.45) is 3.99. The summed E-state index contributed by atoms with van der Waals surface area (Å²) >= 11 is 6.96. The van der Waals surface area contributed by atoms with Gasteiger partial charge in [-0.15, -0.1) is 11.3 Å². The van der Waals surface area contributed by atoms with Crippen LogP contribution in [0.5, 0.6) is 0 Å². The van der Waals surface area contributed by atoms with Crippen LogP contribution in [0.25, 0.3) is 20.7 Å². The smallest absolute Gasteiger partial charge is 0.185 e. The molecular formula is C18H19N5OS2. The van der Waals surface area contributed by atoms with E-state index >= 15 is 0 Å². The van der Waals surface area contributed by atoms with Crippen molar-refractivity contribution < 1.29 is 4.74 Å². The molecule has 0 unspecified atom stereocenters. The number of hydrazine groups is 1. The van der Waals surface area contributed by atoms with Crippen molar-refractivity contribution >= 4 is 44.7 Å². The van der Waals surface area contributed by atoms with Gasteiger partial charge in [0, 0.05) is 18.0 Å². The Bertz CT molecular complexity index is 893. The Labute approximate surface area is 161 Å². The molecule has 0 aliphatic carbocycles. The van der Waals surface area contributed by atoms with E-state index in [0.717, 1.165) is 34.5 Å². The number of hydrogen-bond donors (Lipinski definition) is 3. The highest BCUT2D eigenvalue weighted by molar-refractivity contribution is 7.80. The lowest BCUT2D eigenvalue weighted by molar-refractivity contribution is 0.114. The molecule has 0 spiro atoms. The first-order valence-electron chi connectivity index (χ1n) is 8.51. The van der Waals surface area contributed by atoms with Gasteiger partial charge in [0.05, 0.1) is 16.3 Å². The van der Waals surface area contributed by atoms with Crippen LogP contribution in [0.4, 0.5) is 5.82 Å². The number of fused-ring (bicyclic) bond motifs is 1. The Morgan fingerprint density at radius 1 is 1.27 bits per heavy atom. The predicted octanol–water partition coefficient (Wildman–Crippen LogP) is 3.33. The first-order valence-corrected chi connectivity index (χ1v) is 9.73. The molecule has 1 aliphatic heterocycles. The molecule has 3 aromatic rings. The van der Waals surface area contributed by atoms with E-state index in [-0.39, 0.29) is 6.10 Å². The van der Waals surface area contributed by atoms with Crippen molar-refractivity contribution in [1.82, 2.24) is 20.7 Å². The lowest BCUT2D eigenvalue weighted by Crippen LogP contribution is -2.42. The van der Waals surface area contributed by atoms with Crippen molar-refractivity contribution in [3.63, 3.8) is 0 Å². The predicted molar refractivity (Wildman–Crippen MR) is 109 cm³/mol. The molecule has 1 atom stereocenters. The SMILES string of the molecule is S=C(NC[C@H]1CCCO1)NNc1ncnc2cc(-c3ccccc3)sc12. The summed E-state index contributed by atoms with van der Waals surface area (Å²) in [7, 11) is 0. The van der Waals surface area contributed by atoms with Gasteiger partial charge in [0.15, 0.2) is 10.9 Å². The van der Waals surface area contributed by atoms with E-state index in [1.165, 1.54) is 5.56 Å². The number of anilines is 1. The molecule has 1 aromatic carbocycles. The Hall–Kier alpha value is -2.29. The van der Waals surface area contributed by atoms with Gasteiger partial charge in [-0.25, -0.2) is 9.97 Å². The number of benzene rings is 1. The summed E-state index contributed by atoms with van der Waals surface area (Å²) < 4.78 is 6.57. The van der Waals surface area contributed by atoms with Crippen molar-refractivity contribution in [2.45, 2.75) is 18.9 Å². The van der Waals surface area contributed by atoms with Crippen LogP contribution in [0.1, 0.15) is 12.8 Å². The summed E-state index contributed by atoms with van der Waals surface area (Å²) in [6.45, 7) is 1.55. The van der Waals surface area contributed by atoms with Gasteiger partial charge >= 0.3 is 0 Å². The third-order valence-electron chi connectivity index (χ3n) is 4.18. The van der Waals surface area contributed by atoms with E-state index in [1.807, 2.05) is 18.2 Å². The van der Waals surface area contributed by atoms with Gasteiger partial charge in [-0.1, -0.05) is 30.3 Å². The first-order chi connectivity index (χ1) is 12.8. The second kappa shape index (κ2) is 7.94. The lowest BCUT2D eigenvalue weighted by atomic mass is 10.2. The number of nitrogens with one attached hydrogen (secondary N) is 3. The summed E-state index contributed by atoms with van der Waals surface area (Å²) in [5.41, 5.74) is 8.17. The fourth-order valence-electron chi connectivity index (χ4n) is 2.86. The van der Waals surface area contributed by atoms with Gasteiger partial charge in [-0.3, -0.25) is 10.9 Å². The minimum Gasteiger partial charge on any atom is -0.376 e. The Morgan fingerprint density at radius 2 is 2.15 bits per heavy atom. The Kier molecular flexibility index (Phi) is 5.24. The molecule has 0 saturated carbocycles. The monoisotopic (exact) mass is 385 g/mol. The minimum atomic E-state index is 0.242. The maximum absolute atomic E-state index is 5.58. The van der Waals surface area contributed by atoms with Crippen LogP contribution in [0.15, 0.2) is 42.7 Å². The molecule has 0 amide bonds. The average molecular weight is 386 g/mol. The van der Waals surface area contributed by atoms with Crippen LogP contribution in [-0.4, -0.2) is 34.3 Å². The second-order valence-corrected chi connectivity index (χ2v) is 7.47. The van der Waals surface area contributed by atoms with E-state index in [4.69, 9.17) is 17.0 Å². The highest BCUT2D eigenvalue weighted by atomic mass is 32.1. The van der Waals surface area contributed by atoms with Gasteiger partial charge < -0.3 is 10.1 Å². The van der Waals surface area contributed by atoms with Crippen molar-refractivity contribution in [2.75, 3.05) is 18.6 Å². The van der Waals surface area contributed by atoms with E-state index < -0.39 is 0 Å². The number of rotatable bonds is 5. The van der Waals surface area contributed by atoms with Crippen molar-refractivity contribution in [3.05, 3.63) is 42.7 Å². The molecule has 3 heterocycles. The topological polar surface area (TPSA) is 71.1 Å². The van der Waals surface area contributed by atoms with Crippen molar-refractivity contribution in [1.29, 1.82) is 0 Å². The number of thiocarbonyl (C=S) groups is 1. The molecule has 4 rings (SSSR count). The van der Waals surface area contributed by atoms with Gasteiger partial charge in [0.2, 0.25) is 0 Å². The lowest BCUT2D eigenvalue weighted by Gasteiger charge is -2.14. The zero-order valence-electron chi connectivity index (χ0n) is 14.1. The zero-order valence-corrected chi connectivity index (χ0v) is 15.7. The highest BCUT2D eigenvalue weighted by Gasteiger charge is 2.15. The Balaban J connectivity index is 1.43. The first kappa shape index (κ1) is 17.1. The van der Waals surface area contributed by atoms with Crippen LogP contribution < -0.4 is 16.2 Å². The van der Waals surface area contributed by atoms with Gasteiger partial charge in [-0.05, 0) is 36.7 Å². The zero-order chi connectivity index (χ0) is 17.8. The number of nitrogens with zero attached hydrogens (tertiary/aromatic N) is 2. The number of thiophene rings is 1. The maximum Gasteiger partial charge on any atom is 0.185 e. The standard InChI is InChI=1S/C18H19N5OS2/c25-18(19-10-13-7-4-8-24-13)23-22-17-16-14(20-11-21-17)9-15(26-16)12-5-2-1-3-6-12/h1-3,5-6,9,11,13H,4,7-8,10H2,(H2,19,23,25)(H,20,21,22)/t13-/m1/s1. The maximum atomic E-state index is 5.58. The Morgan fingerprint density at radius 3 is 2.96 bits per heavy atom. The van der Waals surface area contributed by atoms with Crippen molar-refractivity contribution in [3.8, 4) is 10.4 Å². The fraction of sp³-hybridized carbons (Fsp3) is 0.278. The third-order valence-corrected chi connectivity index (χ3v) is 5.60. The largest absolute Gasteiger partial charge is 0.376 e. The van der Waals surface area contributed by atoms with Crippen LogP contribution in [0, 0.1) is 0 Å². The van der Waals surface area contributed by atoms with Crippen LogP contribution in [-0.2, 0) is 4.74 Å². The summed E-state index contributed by atoms with van der Waals surface area (Å²) in [5.74, 6) is 0.712. The van der Waals surface area contributed by atoms with E-state index in [1.54, 1.807) is 17.7 Å². The molecule has 3 N–H and O–H groups in total. The minimum absolute atomic E-state index is 0.242. The van der Waals surface area contributed by atoms with Gasteiger partial charge in [0.25, 0.3) is 0 Å². The normalized spacial score (nSPS) is 16.5. The van der Waals surface area contributed by atoms with Crippen molar-refractivity contribution in [2.24, 2.45) is 0 Å². The van der Waals surface area contributed by atoms with E-state index in [0.29, 0.717) is 17.5 Å². The molecule has 6 nitrogen and oxygen atoms in total. The van der Waals surface area contributed by atoms with Gasteiger partial charge in [-0.2, -0.15) is 0 Å². The molecular weight excluding hydrogens is 366 g/mol. The molecule has 2 aromatic heterocycles. The molecule has 1 fully saturated rings. The summed E-state index contributed by atoms with van der Waals surface area (Å²) in [6, 6.07) is 12.3. The molecule has 26 heavy (non-hydrogen) atoms. The third kappa shape index (κ3) is 3.92.